The second kappa shape index (κ2) is 5.09. The molecular weight excluding hydrogens is 210 g/mol. The number of nitrogens with zero attached hydrogens (tertiary/aromatic N) is 1. The van der Waals surface area contributed by atoms with E-state index in [-0.39, 0.29) is 0 Å². The lowest BCUT2D eigenvalue weighted by molar-refractivity contribution is 0.199. The molecule has 1 heterocycles. The van der Waals surface area contributed by atoms with Gasteiger partial charge in [-0.25, -0.2) is 0 Å². The fraction of sp³-hybridized carbons (Fsp3) is 0.600. The van der Waals surface area contributed by atoms with Gasteiger partial charge >= 0.3 is 0 Å². The summed E-state index contributed by atoms with van der Waals surface area (Å²) < 4.78 is 0. The molecule has 1 saturated heterocycles. The van der Waals surface area contributed by atoms with Gasteiger partial charge in [-0.2, -0.15) is 0 Å². The zero-order valence-electron chi connectivity index (χ0n) is 11.1. The molecule has 3 atom stereocenters. The van der Waals surface area contributed by atoms with Gasteiger partial charge in [-0.1, -0.05) is 25.1 Å². The lowest BCUT2D eigenvalue weighted by Crippen LogP contribution is -2.35. The van der Waals surface area contributed by atoms with Gasteiger partial charge < -0.3 is 10.0 Å². The number of para-hydroxylation sites is 1. The third kappa shape index (κ3) is 2.32. The normalized spacial score (nSPS) is 26.2. The van der Waals surface area contributed by atoms with Crippen molar-refractivity contribution in [1.29, 1.82) is 0 Å². The van der Waals surface area contributed by atoms with Gasteiger partial charge in [-0.05, 0) is 39.2 Å². The minimum atomic E-state index is -0.392. The van der Waals surface area contributed by atoms with E-state index in [2.05, 4.69) is 30.9 Å². The molecule has 0 radical (unpaired) electrons. The van der Waals surface area contributed by atoms with Crippen LogP contribution in [0.2, 0.25) is 0 Å². The van der Waals surface area contributed by atoms with Crippen molar-refractivity contribution in [2.75, 3.05) is 4.90 Å². The Balaban J connectivity index is 2.38. The van der Waals surface area contributed by atoms with E-state index >= 15 is 0 Å². The highest BCUT2D eigenvalue weighted by molar-refractivity contribution is 5.56. The van der Waals surface area contributed by atoms with E-state index in [1.807, 2.05) is 19.1 Å². The van der Waals surface area contributed by atoms with E-state index in [1.165, 1.54) is 24.9 Å². The number of rotatable bonds is 3. The van der Waals surface area contributed by atoms with Crippen LogP contribution < -0.4 is 4.90 Å². The summed E-state index contributed by atoms with van der Waals surface area (Å²) >= 11 is 0. The maximum absolute atomic E-state index is 9.88. The number of benzene rings is 1. The molecule has 0 spiro atoms. The van der Waals surface area contributed by atoms with Crippen LogP contribution in [0.1, 0.15) is 51.7 Å². The summed E-state index contributed by atoms with van der Waals surface area (Å²) in [5.41, 5.74) is 2.28. The molecule has 1 aromatic rings. The monoisotopic (exact) mass is 233 g/mol. The van der Waals surface area contributed by atoms with E-state index in [0.717, 1.165) is 5.56 Å². The second-order valence-corrected chi connectivity index (χ2v) is 5.13. The van der Waals surface area contributed by atoms with E-state index in [9.17, 15) is 5.11 Å². The topological polar surface area (TPSA) is 23.5 Å². The molecular formula is C15H23NO. The zero-order valence-corrected chi connectivity index (χ0v) is 11.1. The van der Waals surface area contributed by atoms with Gasteiger partial charge in [0.15, 0.2) is 0 Å². The molecule has 94 valence electrons. The summed E-state index contributed by atoms with van der Waals surface area (Å²) in [6, 6.07) is 9.47. The lowest BCUT2D eigenvalue weighted by Gasteiger charge is -2.32. The van der Waals surface area contributed by atoms with Crippen molar-refractivity contribution in [3.63, 3.8) is 0 Å². The highest BCUT2D eigenvalue weighted by Crippen LogP contribution is 2.36. The van der Waals surface area contributed by atoms with Gasteiger partial charge in [-0.3, -0.25) is 0 Å². The molecule has 1 aliphatic rings. The molecule has 1 N–H and O–H groups in total. The van der Waals surface area contributed by atoms with Crippen molar-refractivity contribution < 1.29 is 5.11 Å². The van der Waals surface area contributed by atoms with Crippen LogP contribution in [0.15, 0.2) is 24.3 Å². The average molecular weight is 233 g/mol. The summed E-state index contributed by atoms with van der Waals surface area (Å²) in [7, 11) is 0. The van der Waals surface area contributed by atoms with Crippen LogP contribution in [0.4, 0.5) is 5.69 Å². The molecule has 2 unspecified atom stereocenters. The first-order valence-electron chi connectivity index (χ1n) is 6.70. The van der Waals surface area contributed by atoms with Crippen molar-refractivity contribution in [3.8, 4) is 0 Å². The van der Waals surface area contributed by atoms with Gasteiger partial charge in [0, 0.05) is 23.3 Å². The molecule has 2 nitrogen and oxygen atoms in total. The first kappa shape index (κ1) is 12.4. The van der Waals surface area contributed by atoms with Crippen LogP contribution >= 0.6 is 0 Å². The SMILES string of the molecule is CCC1CCC(C)N1c1ccccc1[C@@H](C)O. The van der Waals surface area contributed by atoms with Crippen molar-refractivity contribution >= 4 is 5.69 Å². The van der Waals surface area contributed by atoms with Gasteiger partial charge in [0.2, 0.25) is 0 Å². The average Bonchev–Trinajstić information content (AvgIpc) is 2.70. The number of aliphatic hydroxyl groups excluding tert-OH is 1. The summed E-state index contributed by atoms with van der Waals surface area (Å²) in [4.78, 5) is 2.50. The summed E-state index contributed by atoms with van der Waals surface area (Å²) in [5.74, 6) is 0. The van der Waals surface area contributed by atoms with Crippen molar-refractivity contribution in [2.45, 2.75) is 58.2 Å². The molecule has 2 heteroatoms. The predicted molar refractivity (Wildman–Crippen MR) is 72.3 cm³/mol. The van der Waals surface area contributed by atoms with Crippen molar-refractivity contribution in [1.82, 2.24) is 0 Å². The summed E-state index contributed by atoms with van der Waals surface area (Å²) in [5, 5.41) is 9.88. The first-order chi connectivity index (χ1) is 8.15. The number of hydrogen-bond donors (Lipinski definition) is 1. The Hall–Kier alpha value is -1.02. The molecule has 0 amide bonds. The minimum absolute atomic E-state index is 0.392. The second-order valence-electron chi connectivity index (χ2n) is 5.13. The largest absolute Gasteiger partial charge is 0.389 e. The number of hydrogen-bond acceptors (Lipinski definition) is 2. The van der Waals surface area contributed by atoms with Gasteiger partial charge in [0.1, 0.15) is 0 Å². The Kier molecular flexibility index (Phi) is 3.72. The quantitative estimate of drug-likeness (QED) is 0.863. The summed E-state index contributed by atoms with van der Waals surface area (Å²) in [6.45, 7) is 6.38. The minimum Gasteiger partial charge on any atom is -0.389 e. The Morgan fingerprint density at radius 2 is 2.06 bits per heavy atom. The molecule has 0 saturated carbocycles. The van der Waals surface area contributed by atoms with Crippen LogP contribution in [0.25, 0.3) is 0 Å². The predicted octanol–water partition coefficient (Wildman–Crippen LogP) is 3.51. The Morgan fingerprint density at radius 3 is 2.71 bits per heavy atom. The van der Waals surface area contributed by atoms with E-state index in [1.54, 1.807) is 0 Å². The molecule has 1 aromatic carbocycles. The van der Waals surface area contributed by atoms with E-state index < -0.39 is 6.10 Å². The Labute approximate surface area is 104 Å². The van der Waals surface area contributed by atoms with Crippen LogP contribution in [-0.4, -0.2) is 17.2 Å². The molecule has 0 aliphatic carbocycles. The third-order valence-corrected chi connectivity index (χ3v) is 3.92. The lowest BCUT2D eigenvalue weighted by atomic mass is 10.1. The molecule has 2 rings (SSSR count). The standard InChI is InChI=1S/C15H23NO/c1-4-13-10-9-11(2)16(13)15-8-6-5-7-14(15)12(3)17/h5-8,11-13,17H,4,9-10H2,1-3H3/t11?,12-,13?/m1/s1. The van der Waals surface area contributed by atoms with Crippen molar-refractivity contribution in [2.24, 2.45) is 0 Å². The first-order valence-corrected chi connectivity index (χ1v) is 6.70. The summed E-state index contributed by atoms with van der Waals surface area (Å²) in [6.07, 6.45) is 3.31. The van der Waals surface area contributed by atoms with Crippen LogP contribution in [0.5, 0.6) is 0 Å². The number of anilines is 1. The van der Waals surface area contributed by atoms with Gasteiger partial charge in [0.05, 0.1) is 6.10 Å². The Morgan fingerprint density at radius 1 is 1.35 bits per heavy atom. The van der Waals surface area contributed by atoms with Crippen LogP contribution in [-0.2, 0) is 0 Å². The number of aliphatic hydroxyl groups is 1. The Bertz CT molecular complexity index is 375. The molecule has 0 aromatic heterocycles. The third-order valence-electron chi connectivity index (χ3n) is 3.92. The van der Waals surface area contributed by atoms with E-state index in [4.69, 9.17) is 0 Å². The van der Waals surface area contributed by atoms with E-state index in [0.29, 0.717) is 12.1 Å². The van der Waals surface area contributed by atoms with Gasteiger partial charge in [-0.15, -0.1) is 0 Å². The highest BCUT2D eigenvalue weighted by Gasteiger charge is 2.30. The van der Waals surface area contributed by atoms with Gasteiger partial charge in [0.25, 0.3) is 0 Å². The smallest absolute Gasteiger partial charge is 0.0781 e. The fourth-order valence-corrected chi connectivity index (χ4v) is 2.98. The maximum Gasteiger partial charge on any atom is 0.0781 e. The molecule has 17 heavy (non-hydrogen) atoms. The molecule has 1 aliphatic heterocycles. The zero-order chi connectivity index (χ0) is 12.4. The van der Waals surface area contributed by atoms with Crippen molar-refractivity contribution in [3.05, 3.63) is 29.8 Å². The molecule has 1 fully saturated rings. The van der Waals surface area contributed by atoms with Crippen LogP contribution in [0, 0.1) is 0 Å². The highest BCUT2D eigenvalue weighted by atomic mass is 16.3. The van der Waals surface area contributed by atoms with Crippen LogP contribution in [0.3, 0.4) is 0 Å². The maximum atomic E-state index is 9.88. The molecule has 0 bridgehead atoms. The fourth-order valence-electron chi connectivity index (χ4n) is 2.98.